The summed E-state index contributed by atoms with van der Waals surface area (Å²) in [4.78, 5) is 0.517. The Kier molecular flexibility index (Phi) is 8.35. The van der Waals surface area contributed by atoms with Crippen molar-refractivity contribution in [3.63, 3.8) is 0 Å². The molecule has 60 valence electrons. The lowest BCUT2D eigenvalue weighted by molar-refractivity contribution is 0.690. The van der Waals surface area contributed by atoms with Crippen molar-refractivity contribution in [3.05, 3.63) is 12.7 Å². The smallest absolute Gasteiger partial charge is 0.0322 e. The summed E-state index contributed by atoms with van der Waals surface area (Å²) in [5.74, 6) is 0. The lowest BCUT2D eigenvalue weighted by Gasteiger charge is -2.01. The molecule has 1 atom stereocenters. The topological polar surface area (TPSA) is 0 Å². The second-order valence-corrected chi connectivity index (χ2v) is 4.26. The molecule has 0 heterocycles. The zero-order valence-electron chi connectivity index (χ0n) is 6.15. The molecule has 0 aromatic rings. The minimum absolute atomic E-state index is 0.517. The largest absolute Gasteiger partial charge is 0.102 e. The van der Waals surface area contributed by atoms with Crippen LogP contribution in [-0.2, 0) is 0 Å². The molecule has 0 aliphatic heterocycles. The van der Waals surface area contributed by atoms with Crippen LogP contribution in [0.25, 0.3) is 0 Å². The quantitative estimate of drug-likeness (QED) is 0.390. The van der Waals surface area contributed by atoms with Gasteiger partial charge in [-0.25, -0.2) is 0 Å². The Balaban J connectivity index is 2.95. The van der Waals surface area contributed by atoms with Crippen molar-refractivity contribution in [2.45, 2.75) is 30.5 Å². The van der Waals surface area contributed by atoms with Gasteiger partial charge in [-0.05, 0) is 12.8 Å². The number of hydrogen-bond acceptors (Lipinski definition) is 0. The molecule has 0 aliphatic carbocycles. The Hall–Kier alpha value is 0.700. The van der Waals surface area contributed by atoms with Crippen LogP contribution in [0.1, 0.15) is 25.7 Å². The molecule has 0 spiro atoms. The van der Waals surface area contributed by atoms with E-state index in [1.165, 1.54) is 25.7 Å². The van der Waals surface area contributed by atoms with E-state index in [0.717, 1.165) is 5.33 Å². The Bertz CT molecular complexity index is 81.3. The summed E-state index contributed by atoms with van der Waals surface area (Å²) in [5.41, 5.74) is 0. The van der Waals surface area contributed by atoms with Crippen LogP contribution in [0.4, 0.5) is 0 Å². The van der Waals surface area contributed by atoms with E-state index >= 15 is 0 Å². The lowest BCUT2D eigenvalue weighted by atomic mass is 10.1. The molecular weight excluding hydrogens is 256 g/mol. The van der Waals surface area contributed by atoms with Gasteiger partial charge in [0.2, 0.25) is 0 Å². The van der Waals surface area contributed by atoms with Crippen LogP contribution in [-0.4, -0.2) is 10.2 Å². The van der Waals surface area contributed by atoms with Gasteiger partial charge in [0.15, 0.2) is 0 Å². The minimum Gasteiger partial charge on any atom is -0.102 e. The zero-order valence-corrected chi connectivity index (χ0v) is 9.33. The van der Waals surface area contributed by atoms with E-state index in [0.29, 0.717) is 4.83 Å². The van der Waals surface area contributed by atoms with Crippen molar-refractivity contribution in [1.82, 2.24) is 0 Å². The predicted molar refractivity (Wildman–Crippen MR) is 55.2 cm³/mol. The van der Waals surface area contributed by atoms with Gasteiger partial charge in [-0.15, -0.1) is 6.58 Å². The molecule has 0 bridgehead atoms. The summed E-state index contributed by atoms with van der Waals surface area (Å²) in [5, 5.41) is 1.13. The molecule has 0 fully saturated rings. The van der Waals surface area contributed by atoms with Gasteiger partial charge in [0.25, 0.3) is 0 Å². The molecule has 2 heteroatoms. The van der Waals surface area contributed by atoms with Crippen LogP contribution in [0.2, 0.25) is 0 Å². The van der Waals surface area contributed by atoms with Crippen molar-refractivity contribution in [1.29, 1.82) is 0 Å². The standard InChI is InChI=1S/C8H14Br2/c1-2-8(10)6-4-3-5-7-9/h2,8H,1,3-7H2. The summed E-state index contributed by atoms with van der Waals surface area (Å²) < 4.78 is 0. The van der Waals surface area contributed by atoms with Crippen LogP contribution in [0, 0.1) is 0 Å². The third-order valence-electron chi connectivity index (χ3n) is 1.37. The van der Waals surface area contributed by atoms with Crippen LogP contribution < -0.4 is 0 Å². The normalized spacial score (nSPS) is 13.0. The highest BCUT2D eigenvalue weighted by Gasteiger charge is 1.96. The zero-order chi connectivity index (χ0) is 7.82. The molecule has 0 amide bonds. The van der Waals surface area contributed by atoms with Crippen molar-refractivity contribution >= 4 is 31.9 Å². The molecule has 0 nitrogen and oxygen atoms in total. The number of halogens is 2. The average Bonchev–Trinajstić information content (AvgIpc) is 1.98. The van der Waals surface area contributed by atoms with E-state index in [4.69, 9.17) is 0 Å². The third kappa shape index (κ3) is 6.81. The van der Waals surface area contributed by atoms with Crippen molar-refractivity contribution in [3.8, 4) is 0 Å². The molecule has 0 radical (unpaired) electrons. The summed E-state index contributed by atoms with van der Waals surface area (Å²) in [6, 6.07) is 0. The maximum Gasteiger partial charge on any atom is 0.0322 e. The predicted octanol–water partition coefficient (Wildman–Crippen LogP) is 3.89. The molecule has 0 aliphatic rings. The molecule has 10 heavy (non-hydrogen) atoms. The fourth-order valence-corrected chi connectivity index (χ4v) is 1.45. The van der Waals surface area contributed by atoms with E-state index in [2.05, 4.69) is 38.4 Å². The van der Waals surface area contributed by atoms with E-state index in [-0.39, 0.29) is 0 Å². The molecular formula is C8H14Br2. The summed E-state index contributed by atoms with van der Waals surface area (Å²) >= 11 is 6.90. The van der Waals surface area contributed by atoms with Gasteiger partial charge in [-0.2, -0.15) is 0 Å². The van der Waals surface area contributed by atoms with E-state index in [1.807, 2.05) is 6.08 Å². The van der Waals surface area contributed by atoms with Crippen LogP contribution in [0.5, 0.6) is 0 Å². The van der Waals surface area contributed by atoms with Crippen molar-refractivity contribution in [2.24, 2.45) is 0 Å². The third-order valence-corrected chi connectivity index (χ3v) is 2.76. The van der Waals surface area contributed by atoms with Crippen LogP contribution in [0.15, 0.2) is 12.7 Å². The number of unbranched alkanes of at least 4 members (excludes halogenated alkanes) is 2. The maximum absolute atomic E-state index is 3.70. The maximum atomic E-state index is 3.70. The number of hydrogen-bond donors (Lipinski definition) is 0. The Labute approximate surface area is 80.3 Å². The Morgan fingerprint density at radius 2 is 2.00 bits per heavy atom. The first-order chi connectivity index (χ1) is 4.81. The number of rotatable bonds is 6. The monoisotopic (exact) mass is 268 g/mol. The molecule has 0 aromatic heterocycles. The van der Waals surface area contributed by atoms with Gasteiger partial charge in [0.1, 0.15) is 0 Å². The molecule has 0 rings (SSSR count). The summed E-state index contributed by atoms with van der Waals surface area (Å²) in [6.07, 6.45) is 7.08. The fraction of sp³-hybridized carbons (Fsp3) is 0.750. The first-order valence-corrected chi connectivity index (χ1v) is 5.67. The Morgan fingerprint density at radius 1 is 1.30 bits per heavy atom. The van der Waals surface area contributed by atoms with Gasteiger partial charge in [-0.3, -0.25) is 0 Å². The van der Waals surface area contributed by atoms with E-state index < -0.39 is 0 Å². The van der Waals surface area contributed by atoms with Gasteiger partial charge < -0.3 is 0 Å². The van der Waals surface area contributed by atoms with Gasteiger partial charge in [0, 0.05) is 10.2 Å². The molecule has 0 saturated heterocycles. The highest BCUT2D eigenvalue weighted by Crippen LogP contribution is 2.11. The van der Waals surface area contributed by atoms with Gasteiger partial charge >= 0.3 is 0 Å². The van der Waals surface area contributed by atoms with Crippen LogP contribution in [0.3, 0.4) is 0 Å². The lowest BCUT2D eigenvalue weighted by Crippen LogP contribution is -1.91. The minimum atomic E-state index is 0.517. The number of alkyl halides is 2. The highest BCUT2D eigenvalue weighted by molar-refractivity contribution is 9.09. The fourth-order valence-electron chi connectivity index (χ4n) is 0.728. The molecule has 0 N–H and O–H groups in total. The van der Waals surface area contributed by atoms with Crippen molar-refractivity contribution < 1.29 is 0 Å². The number of allylic oxidation sites excluding steroid dienone is 1. The molecule has 0 saturated carbocycles. The second kappa shape index (κ2) is 7.80. The Morgan fingerprint density at radius 3 is 2.50 bits per heavy atom. The van der Waals surface area contributed by atoms with E-state index in [9.17, 15) is 0 Å². The van der Waals surface area contributed by atoms with Gasteiger partial charge in [-0.1, -0.05) is 50.8 Å². The first kappa shape index (κ1) is 10.7. The van der Waals surface area contributed by atoms with E-state index in [1.54, 1.807) is 0 Å². The molecule has 0 aromatic carbocycles. The van der Waals surface area contributed by atoms with Crippen LogP contribution >= 0.6 is 31.9 Å². The van der Waals surface area contributed by atoms with Gasteiger partial charge in [0.05, 0.1) is 0 Å². The second-order valence-electron chi connectivity index (χ2n) is 2.29. The van der Waals surface area contributed by atoms with Crippen molar-refractivity contribution in [2.75, 3.05) is 5.33 Å². The average molecular weight is 270 g/mol. The summed E-state index contributed by atoms with van der Waals surface area (Å²) in [6.45, 7) is 3.70. The SMILES string of the molecule is C=CC(Br)CCCCCBr. The molecule has 1 unspecified atom stereocenters. The summed E-state index contributed by atoms with van der Waals surface area (Å²) in [7, 11) is 0. The first-order valence-electron chi connectivity index (χ1n) is 3.64. The highest BCUT2D eigenvalue weighted by atomic mass is 79.9.